The Hall–Kier alpha value is -1.99. The lowest BCUT2D eigenvalue weighted by Gasteiger charge is -2.38. The van der Waals surface area contributed by atoms with Crippen molar-refractivity contribution in [2.75, 3.05) is 26.7 Å². The van der Waals surface area contributed by atoms with E-state index in [9.17, 15) is 14.4 Å². The SMILES string of the molecule is COC(=O)C1CCC(N2CC3(CCN(C(=O)OC(C)(C)C)CC3)OC2=O)CC1. The molecule has 3 aliphatic rings. The van der Waals surface area contributed by atoms with Crippen LogP contribution in [-0.2, 0) is 19.0 Å². The van der Waals surface area contributed by atoms with E-state index >= 15 is 0 Å². The Labute approximate surface area is 166 Å². The summed E-state index contributed by atoms with van der Waals surface area (Å²) in [6.07, 6.45) is 3.69. The highest BCUT2D eigenvalue weighted by atomic mass is 16.6. The van der Waals surface area contributed by atoms with Gasteiger partial charge in [-0.2, -0.15) is 0 Å². The lowest BCUT2D eigenvalue weighted by Crippen LogP contribution is -2.50. The molecule has 0 unspecified atom stereocenters. The number of methoxy groups -OCH3 is 1. The van der Waals surface area contributed by atoms with E-state index in [1.807, 2.05) is 25.7 Å². The van der Waals surface area contributed by atoms with Crippen molar-refractivity contribution in [1.82, 2.24) is 9.80 Å². The standard InChI is InChI=1S/C20H32N2O6/c1-19(2,3)27-17(24)21-11-9-20(10-12-21)13-22(18(25)28-20)15-7-5-14(6-8-15)16(23)26-4/h14-15H,5-13H2,1-4H3. The summed E-state index contributed by atoms with van der Waals surface area (Å²) in [6.45, 7) is 7.14. The van der Waals surface area contributed by atoms with Gasteiger partial charge in [0.15, 0.2) is 0 Å². The number of carbonyl (C=O) groups is 3. The number of piperidine rings is 1. The number of nitrogens with zero attached hydrogens (tertiary/aromatic N) is 2. The van der Waals surface area contributed by atoms with E-state index in [-0.39, 0.29) is 30.1 Å². The highest BCUT2D eigenvalue weighted by Gasteiger charge is 2.50. The van der Waals surface area contributed by atoms with Gasteiger partial charge in [0, 0.05) is 32.0 Å². The van der Waals surface area contributed by atoms with Gasteiger partial charge < -0.3 is 24.0 Å². The van der Waals surface area contributed by atoms with Crippen LogP contribution in [0.15, 0.2) is 0 Å². The fourth-order valence-electron chi connectivity index (χ4n) is 4.40. The second kappa shape index (κ2) is 7.79. The zero-order valence-corrected chi connectivity index (χ0v) is 17.4. The molecule has 0 atom stereocenters. The fraction of sp³-hybridized carbons (Fsp3) is 0.850. The number of esters is 1. The van der Waals surface area contributed by atoms with Crippen LogP contribution in [0.25, 0.3) is 0 Å². The van der Waals surface area contributed by atoms with Gasteiger partial charge in [0.1, 0.15) is 11.2 Å². The molecule has 158 valence electrons. The van der Waals surface area contributed by atoms with Crippen LogP contribution in [0.3, 0.4) is 0 Å². The highest BCUT2D eigenvalue weighted by molar-refractivity contribution is 5.73. The molecule has 2 aliphatic heterocycles. The van der Waals surface area contributed by atoms with Gasteiger partial charge in [0.2, 0.25) is 0 Å². The highest BCUT2D eigenvalue weighted by Crippen LogP contribution is 2.38. The Balaban J connectivity index is 1.53. The molecule has 2 amide bonds. The van der Waals surface area contributed by atoms with Crippen molar-refractivity contribution in [3.8, 4) is 0 Å². The van der Waals surface area contributed by atoms with Crippen LogP contribution in [0.2, 0.25) is 0 Å². The lowest BCUT2D eigenvalue weighted by atomic mass is 9.84. The molecule has 0 aromatic rings. The first-order valence-corrected chi connectivity index (χ1v) is 10.2. The third-order valence-corrected chi connectivity index (χ3v) is 6.00. The predicted octanol–water partition coefficient (Wildman–Crippen LogP) is 2.94. The summed E-state index contributed by atoms with van der Waals surface area (Å²) >= 11 is 0. The smallest absolute Gasteiger partial charge is 0.410 e. The minimum absolute atomic E-state index is 0.0640. The minimum Gasteiger partial charge on any atom is -0.469 e. The van der Waals surface area contributed by atoms with Crippen molar-refractivity contribution in [3.63, 3.8) is 0 Å². The van der Waals surface area contributed by atoms with Crippen LogP contribution in [0.5, 0.6) is 0 Å². The summed E-state index contributed by atoms with van der Waals surface area (Å²) in [5.41, 5.74) is -1.04. The van der Waals surface area contributed by atoms with Crippen LogP contribution >= 0.6 is 0 Å². The molecule has 3 fully saturated rings. The van der Waals surface area contributed by atoms with E-state index < -0.39 is 11.2 Å². The summed E-state index contributed by atoms with van der Waals surface area (Å²) in [5, 5.41) is 0. The van der Waals surface area contributed by atoms with Gasteiger partial charge in [0.25, 0.3) is 0 Å². The molecule has 0 radical (unpaired) electrons. The molecule has 2 heterocycles. The molecule has 28 heavy (non-hydrogen) atoms. The van der Waals surface area contributed by atoms with Gasteiger partial charge in [0.05, 0.1) is 19.6 Å². The van der Waals surface area contributed by atoms with Gasteiger partial charge in [-0.05, 0) is 46.5 Å². The molecule has 1 aliphatic carbocycles. The average Bonchev–Trinajstić information content (AvgIpc) is 2.96. The number of rotatable bonds is 2. The molecule has 0 aromatic heterocycles. The van der Waals surface area contributed by atoms with E-state index in [0.717, 1.165) is 25.7 Å². The molecule has 0 aromatic carbocycles. The number of hydrogen-bond donors (Lipinski definition) is 0. The Morgan fingerprint density at radius 3 is 2.25 bits per heavy atom. The molecular formula is C20H32N2O6. The van der Waals surface area contributed by atoms with Crippen LogP contribution < -0.4 is 0 Å². The molecule has 3 rings (SSSR count). The first kappa shape index (κ1) is 20.7. The van der Waals surface area contributed by atoms with E-state index in [4.69, 9.17) is 14.2 Å². The summed E-state index contributed by atoms with van der Waals surface area (Å²) < 4.78 is 16.1. The average molecular weight is 396 g/mol. The van der Waals surface area contributed by atoms with Gasteiger partial charge >= 0.3 is 18.2 Å². The summed E-state index contributed by atoms with van der Waals surface area (Å²) in [6, 6.07) is 0.108. The number of ether oxygens (including phenoxy) is 3. The van der Waals surface area contributed by atoms with Crippen LogP contribution in [0.4, 0.5) is 9.59 Å². The second-order valence-corrected chi connectivity index (χ2v) is 9.17. The third kappa shape index (κ3) is 4.52. The summed E-state index contributed by atoms with van der Waals surface area (Å²) in [7, 11) is 1.42. The van der Waals surface area contributed by atoms with Crippen molar-refractivity contribution in [2.45, 2.75) is 76.5 Å². The van der Waals surface area contributed by atoms with Crippen molar-refractivity contribution < 1.29 is 28.6 Å². The normalized spacial score (nSPS) is 27.5. The predicted molar refractivity (Wildman–Crippen MR) is 101 cm³/mol. The van der Waals surface area contributed by atoms with E-state index in [2.05, 4.69) is 0 Å². The third-order valence-electron chi connectivity index (χ3n) is 6.00. The van der Waals surface area contributed by atoms with Gasteiger partial charge in [-0.3, -0.25) is 4.79 Å². The van der Waals surface area contributed by atoms with Crippen LogP contribution in [0, 0.1) is 5.92 Å². The quantitative estimate of drug-likeness (QED) is 0.527. The van der Waals surface area contributed by atoms with E-state index in [1.54, 1.807) is 4.90 Å². The summed E-state index contributed by atoms with van der Waals surface area (Å²) in [5.74, 6) is -0.223. The first-order valence-electron chi connectivity index (χ1n) is 10.2. The number of likely N-dealkylation sites (tertiary alicyclic amines) is 1. The molecular weight excluding hydrogens is 364 g/mol. The van der Waals surface area contributed by atoms with Crippen molar-refractivity contribution in [1.29, 1.82) is 0 Å². The number of hydrogen-bond acceptors (Lipinski definition) is 6. The Morgan fingerprint density at radius 1 is 1.11 bits per heavy atom. The first-order chi connectivity index (χ1) is 13.1. The van der Waals surface area contributed by atoms with Crippen LogP contribution in [-0.4, -0.2) is 71.9 Å². The lowest BCUT2D eigenvalue weighted by molar-refractivity contribution is -0.146. The Kier molecular flexibility index (Phi) is 5.77. The largest absolute Gasteiger partial charge is 0.469 e. The molecule has 8 nitrogen and oxygen atoms in total. The fourth-order valence-corrected chi connectivity index (χ4v) is 4.40. The minimum atomic E-state index is -0.522. The zero-order valence-electron chi connectivity index (χ0n) is 17.4. The van der Waals surface area contributed by atoms with Crippen molar-refractivity contribution in [3.05, 3.63) is 0 Å². The van der Waals surface area contributed by atoms with Crippen molar-refractivity contribution in [2.24, 2.45) is 5.92 Å². The molecule has 1 spiro atoms. The molecule has 1 saturated carbocycles. The Morgan fingerprint density at radius 2 is 1.71 bits per heavy atom. The summed E-state index contributed by atoms with van der Waals surface area (Å²) in [4.78, 5) is 40.0. The number of amides is 2. The van der Waals surface area contributed by atoms with Crippen LogP contribution in [0.1, 0.15) is 59.3 Å². The topological polar surface area (TPSA) is 85.4 Å². The molecule has 0 N–H and O–H groups in total. The monoisotopic (exact) mass is 396 g/mol. The number of carbonyl (C=O) groups excluding carboxylic acids is 3. The van der Waals surface area contributed by atoms with Gasteiger partial charge in [-0.25, -0.2) is 9.59 Å². The van der Waals surface area contributed by atoms with E-state index in [1.165, 1.54) is 7.11 Å². The maximum atomic E-state index is 12.5. The maximum absolute atomic E-state index is 12.5. The Bertz CT molecular complexity index is 613. The zero-order chi connectivity index (χ0) is 20.5. The molecule has 8 heteroatoms. The molecule has 2 saturated heterocycles. The molecule has 0 bridgehead atoms. The van der Waals surface area contributed by atoms with Gasteiger partial charge in [-0.1, -0.05) is 0 Å². The van der Waals surface area contributed by atoms with E-state index in [0.29, 0.717) is 32.5 Å². The van der Waals surface area contributed by atoms with Crippen molar-refractivity contribution >= 4 is 18.2 Å². The second-order valence-electron chi connectivity index (χ2n) is 9.17. The van der Waals surface area contributed by atoms with Gasteiger partial charge in [-0.15, -0.1) is 0 Å². The maximum Gasteiger partial charge on any atom is 0.410 e.